The van der Waals surface area contributed by atoms with Crippen LogP contribution in [-0.4, -0.2) is 23.2 Å². The largest absolute Gasteiger partial charge is 0.416 e. The summed E-state index contributed by atoms with van der Waals surface area (Å²) >= 11 is 0. The van der Waals surface area contributed by atoms with E-state index in [-0.39, 0.29) is 6.54 Å². The molecule has 1 aliphatic rings. The van der Waals surface area contributed by atoms with Crippen LogP contribution < -0.4 is 16.0 Å². The van der Waals surface area contributed by atoms with E-state index >= 15 is 0 Å². The average Bonchev–Trinajstić information content (AvgIpc) is 2.83. The zero-order valence-corrected chi connectivity index (χ0v) is 18.1. The lowest BCUT2D eigenvalue weighted by molar-refractivity contribution is -0.137. The molecule has 1 aliphatic heterocycles. The molecule has 1 fully saturated rings. The lowest BCUT2D eigenvalue weighted by Gasteiger charge is -2.29. The maximum absolute atomic E-state index is 12.9. The number of alkyl halides is 3. The van der Waals surface area contributed by atoms with Gasteiger partial charge in [0.1, 0.15) is 6.23 Å². The first-order valence-electron chi connectivity index (χ1n) is 11.0. The summed E-state index contributed by atoms with van der Waals surface area (Å²) in [5, 5.41) is 13.5. The standard InChI is InChI=1S/C25H27F3N4O/c26-25(27,28)19-6-4-5-17(13-19)16-31-24(33)18-9-10-30-23(14-18)21-15-20(7-8-22(21)29)32-11-2-1-3-12-32/h4-10,13-15,24,31,33H,1-3,11-12,16,29H2. The summed E-state index contributed by atoms with van der Waals surface area (Å²) in [7, 11) is 0. The summed E-state index contributed by atoms with van der Waals surface area (Å²) in [4.78, 5) is 6.77. The molecule has 8 heteroatoms. The molecule has 4 rings (SSSR count). The van der Waals surface area contributed by atoms with Crippen molar-refractivity contribution in [2.75, 3.05) is 23.7 Å². The minimum Gasteiger partial charge on any atom is -0.398 e. The van der Waals surface area contributed by atoms with E-state index in [9.17, 15) is 18.3 Å². The summed E-state index contributed by atoms with van der Waals surface area (Å²) in [6, 6.07) is 14.4. The maximum Gasteiger partial charge on any atom is 0.416 e. The minimum atomic E-state index is -4.41. The highest BCUT2D eigenvalue weighted by molar-refractivity contribution is 5.78. The summed E-state index contributed by atoms with van der Waals surface area (Å²) < 4.78 is 38.8. The molecule has 0 aliphatic carbocycles. The number of halogens is 3. The van der Waals surface area contributed by atoms with Crippen molar-refractivity contribution in [1.29, 1.82) is 0 Å². The van der Waals surface area contributed by atoms with E-state index in [0.717, 1.165) is 49.3 Å². The normalized spacial score (nSPS) is 15.5. The number of aliphatic hydroxyl groups is 1. The Morgan fingerprint density at radius 1 is 1.03 bits per heavy atom. The zero-order valence-electron chi connectivity index (χ0n) is 18.1. The van der Waals surface area contributed by atoms with Crippen LogP contribution in [0.4, 0.5) is 24.5 Å². The van der Waals surface area contributed by atoms with Gasteiger partial charge in [0.15, 0.2) is 0 Å². The van der Waals surface area contributed by atoms with Crippen LogP contribution in [-0.2, 0) is 12.7 Å². The van der Waals surface area contributed by atoms with Crippen molar-refractivity contribution in [2.24, 2.45) is 0 Å². The van der Waals surface area contributed by atoms with Gasteiger partial charge in [-0.05, 0) is 66.8 Å². The molecule has 1 aromatic heterocycles. The van der Waals surface area contributed by atoms with Crippen molar-refractivity contribution in [3.63, 3.8) is 0 Å². The Bertz CT molecular complexity index is 1100. The van der Waals surface area contributed by atoms with Gasteiger partial charge in [-0.1, -0.05) is 18.2 Å². The number of nitrogens with zero attached hydrogens (tertiary/aromatic N) is 2. The number of hydrogen-bond donors (Lipinski definition) is 3. The SMILES string of the molecule is Nc1ccc(N2CCCCC2)cc1-c1cc(C(O)NCc2cccc(C(F)(F)F)c2)ccn1. The molecule has 5 nitrogen and oxygen atoms in total. The molecular formula is C25H27F3N4O. The van der Waals surface area contributed by atoms with Crippen LogP contribution in [0.1, 0.15) is 42.2 Å². The van der Waals surface area contributed by atoms with E-state index in [4.69, 9.17) is 5.73 Å². The predicted molar refractivity (Wildman–Crippen MR) is 123 cm³/mol. The number of benzene rings is 2. The van der Waals surface area contributed by atoms with E-state index in [2.05, 4.69) is 15.2 Å². The molecule has 1 saturated heterocycles. The quantitative estimate of drug-likeness (QED) is 0.355. The molecule has 174 valence electrons. The highest BCUT2D eigenvalue weighted by atomic mass is 19.4. The molecular weight excluding hydrogens is 429 g/mol. The molecule has 0 radical (unpaired) electrons. The number of nitrogens with one attached hydrogen (secondary N) is 1. The first-order valence-corrected chi connectivity index (χ1v) is 11.0. The molecule has 2 aromatic carbocycles. The Kier molecular flexibility index (Phi) is 6.85. The molecule has 0 bridgehead atoms. The molecule has 0 spiro atoms. The van der Waals surface area contributed by atoms with Crippen molar-refractivity contribution >= 4 is 11.4 Å². The van der Waals surface area contributed by atoms with E-state index in [1.165, 1.54) is 12.5 Å². The highest BCUT2D eigenvalue weighted by Gasteiger charge is 2.30. The fraction of sp³-hybridized carbons (Fsp3) is 0.320. The van der Waals surface area contributed by atoms with Gasteiger partial charge in [-0.2, -0.15) is 13.2 Å². The fourth-order valence-corrected chi connectivity index (χ4v) is 4.07. The van der Waals surface area contributed by atoms with Crippen LogP contribution in [0.2, 0.25) is 0 Å². The van der Waals surface area contributed by atoms with Crippen molar-refractivity contribution in [3.05, 3.63) is 77.5 Å². The average molecular weight is 457 g/mol. The third kappa shape index (κ3) is 5.64. The molecule has 0 amide bonds. The lowest BCUT2D eigenvalue weighted by Crippen LogP contribution is -2.29. The second-order valence-corrected chi connectivity index (χ2v) is 8.28. The molecule has 4 N–H and O–H groups in total. The van der Waals surface area contributed by atoms with Gasteiger partial charge >= 0.3 is 6.18 Å². The molecule has 3 aromatic rings. The number of nitrogens with two attached hydrogens (primary N) is 1. The molecule has 0 saturated carbocycles. The minimum absolute atomic E-state index is 0.0787. The van der Waals surface area contributed by atoms with Crippen molar-refractivity contribution in [1.82, 2.24) is 10.3 Å². The van der Waals surface area contributed by atoms with Gasteiger partial charge in [0.25, 0.3) is 0 Å². The first kappa shape index (κ1) is 23.1. The molecule has 1 atom stereocenters. The number of aliphatic hydroxyl groups excluding tert-OH is 1. The summed E-state index contributed by atoms with van der Waals surface area (Å²) in [5.74, 6) is 0. The van der Waals surface area contributed by atoms with Crippen LogP contribution in [0.15, 0.2) is 60.8 Å². The van der Waals surface area contributed by atoms with Crippen LogP contribution in [0.25, 0.3) is 11.3 Å². The maximum atomic E-state index is 12.9. The number of nitrogen functional groups attached to an aromatic ring is 1. The van der Waals surface area contributed by atoms with Gasteiger partial charge in [0, 0.05) is 42.8 Å². The second kappa shape index (κ2) is 9.80. The highest BCUT2D eigenvalue weighted by Crippen LogP contribution is 2.32. The Hall–Kier alpha value is -3.10. The van der Waals surface area contributed by atoms with E-state index in [1.54, 1.807) is 24.4 Å². The number of rotatable bonds is 6. The van der Waals surface area contributed by atoms with Crippen molar-refractivity contribution < 1.29 is 18.3 Å². The smallest absolute Gasteiger partial charge is 0.398 e. The summed E-state index contributed by atoms with van der Waals surface area (Å²) in [6.07, 6.45) is -0.320. The van der Waals surface area contributed by atoms with Crippen molar-refractivity contribution in [2.45, 2.75) is 38.2 Å². The number of anilines is 2. The zero-order chi connectivity index (χ0) is 23.4. The van der Waals surface area contributed by atoms with Gasteiger partial charge in [0.05, 0.1) is 11.3 Å². The Morgan fingerprint density at radius 3 is 2.58 bits per heavy atom. The first-order chi connectivity index (χ1) is 15.8. The van der Waals surface area contributed by atoms with Crippen LogP contribution in [0.3, 0.4) is 0 Å². The Morgan fingerprint density at radius 2 is 1.82 bits per heavy atom. The Labute approximate surface area is 191 Å². The van der Waals surface area contributed by atoms with Crippen molar-refractivity contribution in [3.8, 4) is 11.3 Å². The summed E-state index contributed by atoms with van der Waals surface area (Å²) in [5.41, 5.74) is 9.59. The van der Waals surface area contributed by atoms with Gasteiger partial charge in [-0.3, -0.25) is 10.3 Å². The van der Waals surface area contributed by atoms with Crippen LogP contribution >= 0.6 is 0 Å². The second-order valence-electron chi connectivity index (χ2n) is 8.28. The van der Waals surface area contributed by atoms with Gasteiger partial charge in [-0.25, -0.2) is 0 Å². The Balaban J connectivity index is 1.50. The fourth-order valence-electron chi connectivity index (χ4n) is 4.07. The molecule has 1 unspecified atom stereocenters. The third-order valence-corrected chi connectivity index (χ3v) is 5.89. The van der Waals surface area contributed by atoms with E-state index in [1.807, 2.05) is 18.2 Å². The number of hydrogen-bond acceptors (Lipinski definition) is 5. The van der Waals surface area contributed by atoms with E-state index < -0.39 is 18.0 Å². The predicted octanol–water partition coefficient (Wildman–Crippen LogP) is 5.12. The van der Waals surface area contributed by atoms with Gasteiger partial charge in [-0.15, -0.1) is 0 Å². The number of piperidine rings is 1. The third-order valence-electron chi connectivity index (χ3n) is 5.89. The van der Waals surface area contributed by atoms with Crippen LogP contribution in [0.5, 0.6) is 0 Å². The van der Waals surface area contributed by atoms with Gasteiger partial charge < -0.3 is 15.7 Å². The number of aromatic nitrogens is 1. The lowest BCUT2D eigenvalue weighted by atomic mass is 10.0. The van der Waals surface area contributed by atoms with Crippen LogP contribution in [0, 0.1) is 0 Å². The molecule has 2 heterocycles. The van der Waals surface area contributed by atoms with E-state index in [0.29, 0.717) is 22.5 Å². The molecule has 33 heavy (non-hydrogen) atoms. The van der Waals surface area contributed by atoms with Gasteiger partial charge in [0.2, 0.25) is 0 Å². The number of pyridine rings is 1. The summed E-state index contributed by atoms with van der Waals surface area (Å²) in [6.45, 7) is 2.10. The topological polar surface area (TPSA) is 74.4 Å². The monoisotopic (exact) mass is 456 g/mol.